The van der Waals surface area contributed by atoms with Crippen LogP contribution < -0.4 is 5.32 Å². The molecule has 0 aliphatic heterocycles. The average molecular weight is 269 g/mol. The summed E-state index contributed by atoms with van der Waals surface area (Å²) in [5, 5.41) is 11.6. The molecule has 0 radical (unpaired) electrons. The second kappa shape index (κ2) is 6.84. The quantitative estimate of drug-likeness (QED) is 0.767. The van der Waals surface area contributed by atoms with Crippen molar-refractivity contribution in [2.45, 2.75) is 25.9 Å². The summed E-state index contributed by atoms with van der Waals surface area (Å²) in [4.78, 5) is 22.0. The highest BCUT2D eigenvalue weighted by atomic mass is 19.1. The Kier molecular flexibility index (Phi) is 5.44. The molecule has 1 unspecified atom stereocenters. The predicted octanol–water partition coefficient (Wildman–Crippen LogP) is 1.57. The number of benzene rings is 1. The van der Waals surface area contributed by atoms with Crippen LogP contribution in [0.1, 0.15) is 29.3 Å². The van der Waals surface area contributed by atoms with Gasteiger partial charge >= 0.3 is 11.9 Å². The van der Waals surface area contributed by atoms with Crippen LogP contribution in [-0.2, 0) is 16.1 Å². The minimum atomic E-state index is -1.31. The number of carboxylic acid groups (broad SMARTS) is 1. The van der Waals surface area contributed by atoms with Crippen molar-refractivity contribution in [3.63, 3.8) is 0 Å². The first-order valence-corrected chi connectivity index (χ1v) is 5.82. The molecule has 104 valence electrons. The number of carboxylic acids is 1. The van der Waals surface area contributed by atoms with Gasteiger partial charge in [-0.15, -0.1) is 0 Å². The van der Waals surface area contributed by atoms with E-state index in [0.717, 1.165) is 6.07 Å². The molecule has 0 fully saturated rings. The van der Waals surface area contributed by atoms with Crippen molar-refractivity contribution < 1.29 is 23.8 Å². The zero-order valence-electron chi connectivity index (χ0n) is 10.8. The summed E-state index contributed by atoms with van der Waals surface area (Å²) in [5.41, 5.74) is 0.189. The molecule has 1 rings (SSSR count). The third kappa shape index (κ3) is 4.03. The summed E-state index contributed by atoms with van der Waals surface area (Å²) in [6.07, 6.45) is 0.544. The molecule has 0 heterocycles. The van der Waals surface area contributed by atoms with E-state index in [1.807, 2.05) is 6.92 Å². The Morgan fingerprint density at radius 2 is 2.16 bits per heavy atom. The maximum Gasteiger partial charge on any atom is 0.338 e. The molecule has 0 spiro atoms. The van der Waals surface area contributed by atoms with Crippen molar-refractivity contribution in [1.82, 2.24) is 5.32 Å². The van der Waals surface area contributed by atoms with Crippen LogP contribution in [0, 0.1) is 5.82 Å². The van der Waals surface area contributed by atoms with Crippen molar-refractivity contribution in [2.24, 2.45) is 0 Å². The van der Waals surface area contributed by atoms with Gasteiger partial charge in [0.1, 0.15) is 11.9 Å². The van der Waals surface area contributed by atoms with Gasteiger partial charge in [-0.2, -0.15) is 0 Å². The normalized spacial score (nSPS) is 11.9. The molecule has 0 aromatic heterocycles. The van der Waals surface area contributed by atoms with Gasteiger partial charge in [-0.05, 0) is 24.1 Å². The predicted molar refractivity (Wildman–Crippen MR) is 66.3 cm³/mol. The van der Waals surface area contributed by atoms with Crippen molar-refractivity contribution in [3.05, 3.63) is 35.1 Å². The van der Waals surface area contributed by atoms with E-state index in [1.54, 1.807) is 0 Å². The fourth-order valence-electron chi connectivity index (χ4n) is 1.62. The molecule has 0 bridgehead atoms. The Balaban J connectivity index is 2.70. The van der Waals surface area contributed by atoms with Gasteiger partial charge in [-0.1, -0.05) is 13.0 Å². The van der Waals surface area contributed by atoms with Crippen LogP contribution >= 0.6 is 0 Å². The summed E-state index contributed by atoms with van der Waals surface area (Å²) in [6, 6.07) is 3.38. The lowest BCUT2D eigenvalue weighted by atomic mass is 10.1. The average Bonchev–Trinajstić information content (AvgIpc) is 2.38. The van der Waals surface area contributed by atoms with Crippen LogP contribution in [0.25, 0.3) is 0 Å². The second-order valence-electron chi connectivity index (χ2n) is 3.98. The lowest BCUT2D eigenvalue weighted by Gasteiger charge is -2.14. The third-order valence-electron chi connectivity index (χ3n) is 2.71. The van der Waals surface area contributed by atoms with E-state index in [0.29, 0.717) is 12.0 Å². The van der Waals surface area contributed by atoms with E-state index in [-0.39, 0.29) is 18.1 Å². The topological polar surface area (TPSA) is 75.6 Å². The number of ether oxygens (including phenoxy) is 1. The zero-order valence-corrected chi connectivity index (χ0v) is 10.8. The minimum Gasteiger partial charge on any atom is -0.478 e. The number of hydrogen-bond donors (Lipinski definition) is 2. The maximum absolute atomic E-state index is 13.4. The highest BCUT2D eigenvalue weighted by Gasteiger charge is 2.16. The van der Waals surface area contributed by atoms with Gasteiger partial charge in [0, 0.05) is 6.54 Å². The van der Waals surface area contributed by atoms with Crippen LogP contribution in [0.5, 0.6) is 0 Å². The Bertz CT molecular complexity index is 476. The number of rotatable bonds is 6. The Morgan fingerprint density at radius 1 is 1.47 bits per heavy atom. The highest BCUT2D eigenvalue weighted by Crippen LogP contribution is 2.11. The molecule has 2 N–H and O–H groups in total. The van der Waals surface area contributed by atoms with Gasteiger partial charge in [0.2, 0.25) is 0 Å². The molecule has 1 aromatic carbocycles. The Morgan fingerprint density at radius 3 is 2.63 bits per heavy atom. The molecule has 0 saturated carbocycles. The number of methoxy groups -OCH3 is 1. The maximum atomic E-state index is 13.4. The number of hydrogen-bond acceptors (Lipinski definition) is 4. The van der Waals surface area contributed by atoms with Crippen LogP contribution in [0.3, 0.4) is 0 Å². The number of halogens is 1. The molecule has 19 heavy (non-hydrogen) atoms. The molecule has 6 heteroatoms. The summed E-state index contributed by atoms with van der Waals surface area (Å²) in [5.74, 6) is -2.49. The summed E-state index contributed by atoms with van der Waals surface area (Å²) in [7, 11) is 1.30. The Hall–Kier alpha value is -1.95. The van der Waals surface area contributed by atoms with Gasteiger partial charge in [0.05, 0.1) is 12.7 Å². The standard InChI is InChI=1S/C13H16FNO4/c1-3-11(13(18)19-2)15-7-8-4-5-9(12(16)17)10(14)6-8/h4-6,11,15H,3,7H2,1-2H3,(H,16,17). The lowest BCUT2D eigenvalue weighted by molar-refractivity contribution is -0.143. The number of nitrogens with one attached hydrogen (secondary N) is 1. The first-order chi connectivity index (χ1) is 8.99. The van der Waals surface area contributed by atoms with Gasteiger partial charge in [0.25, 0.3) is 0 Å². The molecule has 1 aromatic rings. The van der Waals surface area contributed by atoms with Gasteiger partial charge in [0.15, 0.2) is 0 Å². The second-order valence-corrected chi connectivity index (χ2v) is 3.98. The summed E-state index contributed by atoms with van der Waals surface area (Å²) >= 11 is 0. The van der Waals surface area contributed by atoms with E-state index in [2.05, 4.69) is 10.1 Å². The van der Waals surface area contributed by atoms with Crippen LogP contribution in [0.15, 0.2) is 18.2 Å². The van der Waals surface area contributed by atoms with Crippen LogP contribution in [0.4, 0.5) is 4.39 Å². The monoisotopic (exact) mass is 269 g/mol. The first kappa shape index (κ1) is 15.1. The first-order valence-electron chi connectivity index (χ1n) is 5.82. The number of carbonyl (C=O) groups is 2. The molecular weight excluding hydrogens is 253 g/mol. The minimum absolute atomic E-state index is 0.254. The molecule has 0 amide bonds. The van der Waals surface area contributed by atoms with Crippen molar-refractivity contribution >= 4 is 11.9 Å². The number of aromatic carboxylic acids is 1. The van der Waals surface area contributed by atoms with E-state index in [4.69, 9.17) is 5.11 Å². The molecule has 0 aliphatic carbocycles. The van der Waals surface area contributed by atoms with Gasteiger partial charge in [-0.25, -0.2) is 9.18 Å². The number of esters is 1. The molecule has 0 saturated heterocycles. The number of carbonyl (C=O) groups excluding carboxylic acids is 1. The SMILES string of the molecule is CCC(NCc1ccc(C(=O)O)c(F)c1)C(=O)OC. The smallest absolute Gasteiger partial charge is 0.338 e. The summed E-state index contributed by atoms with van der Waals surface area (Å²) < 4.78 is 18.0. The third-order valence-corrected chi connectivity index (χ3v) is 2.71. The fraction of sp³-hybridized carbons (Fsp3) is 0.385. The lowest BCUT2D eigenvalue weighted by Crippen LogP contribution is -2.36. The Labute approximate surface area is 110 Å². The van der Waals surface area contributed by atoms with E-state index in [1.165, 1.54) is 19.2 Å². The van der Waals surface area contributed by atoms with E-state index in [9.17, 15) is 14.0 Å². The molecule has 1 atom stereocenters. The van der Waals surface area contributed by atoms with Crippen molar-refractivity contribution in [3.8, 4) is 0 Å². The highest BCUT2D eigenvalue weighted by molar-refractivity contribution is 5.87. The molecule has 0 aliphatic rings. The van der Waals surface area contributed by atoms with Crippen molar-refractivity contribution in [2.75, 3.05) is 7.11 Å². The van der Waals surface area contributed by atoms with Gasteiger partial charge < -0.3 is 15.2 Å². The zero-order chi connectivity index (χ0) is 14.4. The summed E-state index contributed by atoms with van der Waals surface area (Å²) in [6.45, 7) is 2.08. The van der Waals surface area contributed by atoms with Crippen LogP contribution in [-0.4, -0.2) is 30.2 Å². The largest absolute Gasteiger partial charge is 0.478 e. The molecular formula is C13H16FNO4. The molecule has 5 nitrogen and oxygen atoms in total. The van der Waals surface area contributed by atoms with E-state index >= 15 is 0 Å². The van der Waals surface area contributed by atoms with Gasteiger partial charge in [-0.3, -0.25) is 4.79 Å². The van der Waals surface area contributed by atoms with Crippen LogP contribution in [0.2, 0.25) is 0 Å². The fourth-order valence-corrected chi connectivity index (χ4v) is 1.62. The van der Waals surface area contributed by atoms with E-state index < -0.39 is 17.8 Å². The van der Waals surface area contributed by atoms with Crippen molar-refractivity contribution in [1.29, 1.82) is 0 Å².